The maximum atomic E-state index is 2.49. The minimum absolute atomic E-state index is 1.15. The van der Waals surface area contributed by atoms with Gasteiger partial charge in [0.1, 0.15) is 0 Å². The summed E-state index contributed by atoms with van der Waals surface area (Å²) >= 11 is 0. The lowest BCUT2D eigenvalue weighted by Crippen LogP contribution is -1.97. The van der Waals surface area contributed by atoms with Gasteiger partial charge in [0.2, 0.25) is 0 Å². The van der Waals surface area contributed by atoms with Crippen LogP contribution in [-0.2, 0) is 0 Å². The molecule has 0 radical (unpaired) electrons. The van der Waals surface area contributed by atoms with Gasteiger partial charge in [-0.05, 0) is 253 Å². The Hall–Kier alpha value is -16.9. The Morgan fingerprint density at radius 3 is 0.906 bits per heavy atom. The van der Waals surface area contributed by atoms with Gasteiger partial charge in [-0.25, -0.2) is 0 Å². The molecule has 22 aromatic carbocycles. The number of para-hydroxylation sites is 3. The number of rotatable bonds is 10. The Kier molecular flexibility index (Phi) is 15.8. The summed E-state index contributed by atoms with van der Waals surface area (Å²) in [5.74, 6) is 0. The second-order valence-corrected chi connectivity index (χ2v) is 34.5. The molecule has 0 amide bonds. The highest BCUT2D eigenvalue weighted by molar-refractivity contribution is 6.23. The number of benzene rings is 22. The van der Waals surface area contributed by atoms with E-state index in [1.807, 2.05) is 0 Å². The first kappa shape index (κ1) is 71.6. The molecule has 2 aliphatic carbocycles. The van der Waals surface area contributed by atoms with E-state index in [0.29, 0.717) is 0 Å². The van der Waals surface area contributed by atoms with Crippen molar-refractivity contribution in [2.45, 2.75) is 0 Å². The molecule has 592 valence electrons. The van der Waals surface area contributed by atoms with Crippen LogP contribution < -0.4 is 0 Å². The molecule has 4 nitrogen and oxygen atoms in total. The summed E-state index contributed by atoms with van der Waals surface area (Å²) < 4.78 is 9.84. The number of fused-ring (bicyclic) bond motifs is 22. The third-order valence-electron chi connectivity index (χ3n) is 27.6. The molecule has 4 aromatic heterocycles. The van der Waals surface area contributed by atoms with Crippen molar-refractivity contribution in [3.63, 3.8) is 0 Å². The van der Waals surface area contributed by atoms with E-state index < -0.39 is 0 Å². The van der Waals surface area contributed by atoms with Crippen LogP contribution in [0.4, 0.5) is 0 Å². The maximum Gasteiger partial charge on any atom is 0.0619 e. The zero-order valence-corrected chi connectivity index (χ0v) is 69.7. The Balaban J connectivity index is 0.000000132. The molecule has 2 aliphatic rings. The average Bonchev–Trinajstić information content (AvgIpc) is 1.57. The van der Waals surface area contributed by atoms with Crippen LogP contribution in [0.5, 0.6) is 0 Å². The topological polar surface area (TPSA) is 19.7 Å². The van der Waals surface area contributed by atoms with Gasteiger partial charge >= 0.3 is 0 Å². The maximum absolute atomic E-state index is 2.49. The molecule has 4 heteroatoms. The van der Waals surface area contributed by atoms with E-state index in [2.05, 4.69) is 479 Å². The van der Waals surface area contributed by atoms with Crippen LogP contribution in [0.15, 0.2) is 461 Å². The van der Waals surface area contributed by atoms with Crippen molar-refractivity contribution in [2.75, 3.05) is 0 Å². The highest BCUT2D eigenvalue weighted by Gasteiger charge is 2.27. The molecule has 0 spiro atoms. The Labute approximate surface area is 738 Å². The van der Waals surface area contributed by atoms with Crippen molar-refractivity contribution in [1.82, 2.24) is 18.3 Å². The average molecular weight is 1620 g/mol. The first-order chi connectivity index (χ1) is 63.5. The van der Waals surface area contributed by atoms with Gasteiger partial charge in [0.15, 0.2) is 0 Å². The number of hydrogen-bond acceptors (Lipinski definition) is 0. The third kappa shape index (κ3) is 11.0. The molecule has 26 aromatic rings. The molecule has 0 N–H and O–H groups in total. The van der Waals surface area contributed by atoms with Crippen LogP contribution in [0.3, 0.4) is 0 Å². The molecule has 0 fully saturated rings. The molecule has 0 aliphatic heterocycles. The molecule has 4 heterocycles. The fraction of sp³-hybridized carbons (Fsp3) is 0. The fourth-order valence-corrected chi connectivity index (χ4v) is 21.9. The van der Waals surface area contributed by atoms with E-state index >= 15 is 0 Å². The van der Waals surface area contributed by atoms with Crippen molar-refractivity contribution < 1.29 is 0 Å². The zero-order valence-electron chi connectivity index (χ0n) is 69.7. The van der Waals surface area contributed by atoms with E-state index in [1.54, 1.807) is 0 Å². The van der Waals surface area contributed by atoms with Crippen molar-refractivity contribution in [3.05, 3.63) is 461 Å². The molecule has 0 bridgehead atoms. The summed E-state index contributed by atoms with van der Waals surface area (Å²) in [6, 6.07) is 171. The van der Waals surface area contributed by atoms with Crippen LogP contribution in [0.2, 0.25) is 0 Å². The van der Waals surface area contributed by atoms with Crippen LogP contribution >= 0.6 is 0 Å². The van der Waals surface area contributed by atoms with Gasteiger partial charge in [-0.3, -0.25) is 0 Å². The van der Waals surface area contributed by atoms with Crippen molar-refractivity contribution in [3.8, 4) is 134 Å². The first-order valence-electron chi connectivity index (χ1n) is 44.3. The molecule has 0 saturated carbocycles. The van der Waals surface area contributed by atoms with E-state index in [-0.39, 0.29) is 0 Å². The Bertz CT molecular complexity index is 9190. The van der Waals surface area contributed by atoms with Crippen LogP contribution in [0.1, 0.15) is 0 Å². The molecular weight excluding hydrogens is 1550 g/mol. The van der Waals surface area contributed by atoms with Crippen molar-refractivity contribution in [1.29, 1.82) is 0 Å². The minimum Gasteiger partial charge on any atom is -0.309 e. The third-order valence-corrected chi connectivity index (χ3v) is 27.6. The summed E-state index contributed by atoms with van der Waals surface area (Å²) in [4.78, 5) is 0. The summed E-state index contributed by atoms with van der Waals surface area (Å²) in [5.41, 5.74) is 39.4. The first-order valence-corrected chi connectivity index (χ1v) is 44.3. The van der Waals surface area contributed by atoms with Crippen LogP contribution in [0.25, 0.3) is 264 Å². The van der Waals surface area contributed by atoms with Gasteiger partial charge in [0.05, 0.1) is 49.8 Å². The highest BCUT2D eigenvalue weighted by atomic mass is 15.0. The number of aromatic nitrogens is 4. The molecular formula is C124H76N4. The summed E-state index contributed by atoms with van der Waals surface area (Å²) in [6.45, 7) is 0. The highest BCUT2D eigenvalue weighted by Crippen LogP contribution is 2.52. The Morgan fingerprint density at radius 2 is 0.430 bits per heavy atom. The van der Waals surface area contributed by atoms with Gasteiger partial charge in [-0.1, -0.05) is 346 Å². The smallest absolute Gasteiger partial charge is 0.0619 e. The fourth-order valence-electron chi connectivity index (χ4n) is 21.9. The van der Waals surface area contributed by atoms with Crippen LogP contribution in [-0.4, -0.2) is 18.3 Å². The predicted octanol–water partition coefficient (Wildman–Crippen LogP) is 33.7. The predicted molar refractivity (Wildman–Crippen MR) is 542 cm³/mol. The molecule has 28 rings (SSSR count). The van der Waals surface area contributed by atoms with E-state index in [0.717, 1.165) is 17.1 Å². The lowest BCUT2D eigenvalue weighted by Gasteiger charge is -2.14. The van der Waals surface area contributed by atoms with Crippen molar-refractivity contribution >= 4 is 130 Å². The van der Waals surface area contributed by atoms with E-state index in [1.165, 1.54) is 247 Å². The van der Waals surface area contributed by atoms with Gasteiger partial charge in [0.25, 0.3) is 0 Å². The SMILES string of the molecule is c1ccc(-c2cccc(-n3c4ccc(-c5ccc6c(c5)c5ccccc5n6-c5cccc(-c6ccc7c(c6)-c6cccc8cccc-7c68)c5)cc4c4ccc5ccccc5c43)c2)cc1.c1ccc(-c2ccccc2-n2c3ccccc3c3cc(-c4ccc5c(c4)c4ccc6ccccc6c4n5-c4cccc(-c5ccc6c(c5)-c5cccc7cccc-6c57)c4)ccc32)cc1. The van der Waals surface area contributed by atoms with Crippen LogP contribution in [0, 0.1) is 0 Å². The quantitative estimate of drug-likeness (QED) is 0.130. The standard InChI is InChI=1S/2C62H38N2/c1-2-13-39(14-3-1)47-20-6-8-25-57(47)64-58-26-9-7-22-50(58)55-37-44(30-34-60(55)64)45-29-33-59-56(38-45)53-32-27-40-15-4-5-21-48(40)62(53)63(59)46-19-10-18-42(35-46)43-28-31-49-51-23-11-16-41-17-12-24-52(61(41)51)54(49)36-43;1-2-12-39(13-3-1)42-17-8-20-48(34-42)64-60-33-29-46(38-57(60)54-31-26-40-14-4-5-21-49(40)62(54)64)45-28-32-59-56(37-45)51-22-6-7-25-58(51)63(59)47-19-9-18-43(35-47)44-27-30-50-52-23-10-15-41-16-11-24-53(61(41)52)55(50)36-44/h2*1-38H. The minimum atomic E-state index is 1.15. The van der Waals surface area contributed by atoms with Crippen molar-refractivity contribution in [2.24, 2.45) is 0 Å². The summed E-state index contributed by atoms with van der Waals surface area (Å²) in [7, 11) is 0. The summed E-state index contributed by atoms with van der Waals surface area (Å²) in [6.07, 6.45) is 0. The summed E-state index contributed by atoms with van der Waals surface area (Å²) in [5, 5.41) is 20.3. The number of hydrogen-bond donors (Lipinski definition) is 0. The second kappa shape index (κ2) is 28.3. The van der Waals surface area contributed by atoms with Gasteiger partial charge < -0.3 is 18.3 Å². The molecule has 0 saturated heterocycles. The van der Waals surface area contributed by atoms with Gasteiger partial charge in [-0.2, -0.15) is 0 Å². The van der Waals surface area contributed by atoms with Gasteiger partial charge in [0, 0.05) is 76.5 Å². The molecule has 128 heavy (non-hydrogen) atoms. The molecule has 0 atom stereocenters. The van der Waals surface area contributed by atoms with E-state index in [9.17, 15) is 0 Å². The lowest BCUT2D eigenvalue weighted by atomic mass is 9.97. The van der Waals surface area contributed by atoms with E-state index in [4.69, 9.17) is 0 Å². The zero-order chi connectivity index (χ0) is 83.8. The largest absolute Gasteiger partial charge is 0.309 e. The normalized spacial score (nSPS) is 12.1. The molecule has 0 unspecified atom stereocenters. The lowest BCUT2D eigenvalue weighted by molar-refractivity contribution is 1.18. The van der Waals surface area contributed by atoms with Gasteiger partial charge in [-0.15, -0.1) is 0 Å². The number of nitrogens with zero attached hydrogens (tertiary/aromatic N) is 4. The second-order valence-electron chi connectivity index (χ2n) is 34.5. The Morgan fingerprint density at radius 1 is 0.125 bits per heavy atom. The monoisotopic (exact) mass is 1620 g/mol.